The molecule has 0 spiro atoms. The summed E-state index contributed by atoms with van der Waals surface area (Å²) in [4.78, 5) is 16.8. The second-order valence-corrected chi connectivity index (χ2v) is 5.69. The van der Waals surface area contributed by atoms with Crippen LogP contribution < -0.4 is 14.8 Å². The van der Waals surface area contributed by atoms with Crippen molar-refractivity contribution < 1.29 is 32.3 Å². The Labute approximate surface area is 163 Å². The van der Waals surface area contributed by atoms with Crippen molar-refractivity contribution in [3.05, 3.63) is 58.6 Å². The molecule has 0 saturated heterocycles. The number of nitrogens with one attached hydrogen (secondary N) is 1. The lowest BCUT2D eigenvalue weighted by molar-refractivity contribution is -0.274. The minimum Gasteiger partial charge on any atom is -0.487 e. The van der Waals surface area contributed by atoms with Crippen LogP contribution in [0.1, 0.15) is 11.1 Å². The number of carbonyl (C=O) groups is 1. The number of alkyl halides is 3. The third-order valence-electron chi connectivity index (χ3n) is 3.42. The smallest absolute Gasteiger partial charge is 0.487 e. The number of rotatable bonds is 7. The minimum absolute atomic E-state index is 0.0188. The van der Waals surface area contributed by atoms with Crippen molar-refractivity contribution in [3.8, 4) is 11.5 Å². The first kappa shape index (κ1) is 21.4. The minimum atomic E-state index is -4.82. The lowest BCUT2D eigenvalue weighted by atomic mass is 10.0. The Morgan fingerprint density at radius 3 is 2.54 bits per heavy atom. The maximum absolute atomic E-state index is 12.3. The summed E-state index contributed by atoms with van der Waals surface area (Å²) >= 11 is 5.97. The van der Waals surface area contributed by atoms with Crippen LogP contribution in [-0.4, -0.2) is 32.1 Å². The first-order chi connectivity index (χ1) is 13.2. The molecule has 6 nitrogen and oxygen atoms in total. The van der Waals surface area contributed by atoms with Gasteiger partial charge in [0.1, 0.15) is 25.2 Å². The third kappa shape index (κ3) is 5.78. The van der Waals surface area contributed by atoms with Gasteiger partial charge in [-0.3, -0.25) is 4.79 Å². The predicted octanol–water partition coefficient (Wildman–Crippen LogP) is 3.91. The standard InChI is InChI=1S/C18H16ClF3N2O4/c1-23-17(25)16(24-26-2)13-6-4-3-5-11(13)10-27-15-8-7-12(9-14(15)19)28-18(20,21)22/h3-9H,10H2,1-2H3,(H,23,25)/b24-16-. The van der Waals surface area contributed by atoms with E-state index in [9.17, 15) is 18.0 Å². The Kier molecular flexibility index (Phi) is 7.11. The van der Waals surface area contributed by atoms with Gasteiger partial charge >= 0.3 is 6.36 Å². The second kappa shape index (κ2) is 9.32. The topological polar surface area (TPSA) is 69.2 Å². The first-order valence-corrected chi connectivity index (χ1v) is 8.22. The summed E-state index contributed by atoms with van der Waals surface area (Å²) < 4.78 is 46.2. The SMILES string of the molecule is CNC(=O)/C(=N\OC)c1ccccc1COc1ccc(OC(F)(F)F)cc1Cl. The Morgan fingerprint density at radius 2 is 1.93 bits per heavy atom. The van der Waals surface area contributed by atoms with Gasteiger partial charge < -0.3 is 19.6 Å². The zero-order chi connectivity index (χ0) is 20.7. The van der Waals surface area contributed by atoms with Crippen molar-refractivity contribution in [1.29, 1.82) is 0 Å². The molecule has 150 valence electrons. The average molecular weight is 417 g/mol. The quantitative estimate of drug-likeness (QED) is 0.549. The van der Waals surface area contributed by atoms with Gasteiger partial charge in [-0.25, -0.2) is 0 Å². The highest BCUT2D eigenvalue weighted by Crippen LogP contribution is 2.32. The molecule has 0 bridgehead atoms. The van der Waals surface area contributed by atoms with Gasteiger partial charge in [-0.1, -0.05) is 41.0 Å². The van der Waals surface area contributed by atoms with Crippen LogP contribution in [0.25, 0.3) is 0 Å². The van der Waals surface area contributed by atoms with Gasteiger partial charge in [-0.15, -0.1) is 13.2 Å². The Hall–Kier alpha value is -2.94. The lowest BCUT2D eigenvalue weighted by Crippen LogP contribution is -2.29. The summed E-state index contributed by atoms with van der Waals surface area (Å²) in [7, 11) is 2.77. The van der Waals surface area contributed by atoms with E-state index in [1.165, 1.54) is 20.2 Å². The van der Waals surface area contributed by atoms with E-state index in [4.69, 9.17) is 21.2 Å². The predicted molar refractivity (Wildman–Crippen MR) is 96.5 cm³/mol. The molecule has 1 N–H and O–H groups in total. The highest BCUT2D eigenvalue weighted by atomic mass is 35.5. The van der Waals surface area contributed by atoms with Crippen LogP contribution in [0, 0.1) is 0 Å². The summed E-state index contributed by atoms with van der Waals surface area (Å²) in [6.45, 7) is -0.0188. The van der Waals surface area contributed by atoms with Gasteiger partial charge in [0.2, 0.25) is 0 Å². The van der Waals surface area contributed by atoms with Gasteiger partial charge in [0.25, 0.3) is 5.91 Å². The number of benzene rings is 2. The largest absolute Gasteiger partial charge is 0.573 e. The fraction of sp³-hybridized carbons (Fsp3) is 0.222. The van der Waals surface area contributed by atoms with Crippen LogP contribution in [-0.2, 0) is 16.2 Å². The molecule has 0 saturated carbocycles. The van der Waals surface area contributed by atoms with Crippen molar-refractivity contribution in [3.63, 3.8) is 0 Å². The van der Waals surface area contributed by atoms with E-state index in [0.29, 0.717) is 11.1 Å². The summed E-state index contributed by atoms with van der Waals surface area (Å²) in [5.41, 5.74) is 1.11. The number of ether oxygens (including phenoxy) is 2. The van der Waals surface area contributed by atoms with E-state index in [1.807, 2.05) is 0 Å². The molecular weight excluding hydrogens is 401 g/mol. The van der Waals surface area contributed by atoms with Crippen LogP contribution in [0.4, 0.5) is 13.2 Å². The molecule has 0 aliphatic rings. The molecular formula is C18H16ClF3N2O4. The maximum atomic E-state index is 12.3. The molecule has 0 radical (unpaired) electrons. The monoisotopic (exact) mass is 416 g/mol. The fourth-order valence-electron chi connectivity index (χ4n) is 2.25. The number of amides is 1. The van der Waals surface area contributed by atoms with Crippen LogP contribution in [0.15, 0.2) is 47.6 Å². The molecule has 0 aliphatic carbocycles. The maximum Gasteiger partial charge on any atom is 0.573 e. The van der Waals surface area contributed by atoms with Gasteiger partial charge in [0.05, 0.1) is 5.02 Å². The number of hydrogen-bond acceptors (Lipinski definition) is 5. The van der Waals surface area contributed by atoms with Crippen LogP contribution in [0.5, 0.6) is 11.5 Å². The molecule has 0 aromatic heterocycles. The molecule has 0 atom stereocenters. The number of halogens is 4. The molecule has 2 rings (SSSR count). The number of hydrogen-bond donors (Lipinski definition) is 1. The van der Waals surface area contributed by atoms with Crippen molar-refractivity contribution in [1.82, 2.24) is 5.32 Å². The van der Waals surface area contributed by atoms with E-state index in [0.717, 1.165) is 12.1 Å². The van der Waals surface area contributed by atoms with E-state index in [2.05, 4.69) is 15.2 Å². The molecule has 2 aromatic rings. The van der Waals surface area contributed by atoms with Crippen molar-refractivity contribution in [2.24, 2.45) is 5.16 Å². The molecule has 0 aliphatic heterocycles. The molecule has 0 heterocycles. The Balaban J connectivity index is 2.22. The van der Waals surface area contributed by atoms with Crippen LogP contribution in [0.2, 0.25) is 5.02 Å². The zero-order valence-corrected chi connectivity index (χ0v) is 15.6. The van der Waals surface area contributed by atoms with Crippen molar-refractivity contribution >= 4 is 23.2 Å². The van der Waals surface area contributed by atoms with Gasteiger partial charge in [-0.2, -0.15) is 0 Å². The Bertz CT molecular complexity index is 872. The lowest BCUT2D eigenvalue weighted by Gasteiger charge is -2.14. The Morgan fingerprint density at radius 1 is 1.21 bits per heavy atom. The van der Waals surface area contributed by atoms with Gasteiger partial charge in [0, 0.05) is 18.7 Å². The summed E-state index contributed by atoms with van der Waals surface area (Å²) in [5, 5.41) is 6.15. The van der Waals surface area contributed by atoms with Crippen molar-refractivity contribution in [2.75, 3.05) is 14.2 Å². The fourth-order valence-corrected chi connectivity index (χ4v) is 2.48. The highest BCUT2D eigenvalue weighted by Gasteiger charge is 2.31. The highest BCUT2D eigenvalue weighted by molar-refractivity contribution is 6.45. The van der Waals surface area contributed by atoms with Crippen LogP contribution in [0.3, 0.4) is 0 Å². The number of likely N-dealkylation sites (N-methyl/N-ethyl adjacent to an activating group) is 1. The van der Waals surface area contributed by atoms with E-state index in [-0.39, 0.29) is 23.1 Å². The molecule has 10 heteroatoms. The van der Waals surface area contributed by atoms with Crippen LogP contribution >= 0.6 is 11.6 Å². The van der Waals surface area contributed by atoms with E-state index >= 15 is 0 Å². The first-order valence-electron chi connectivity index (χ1n) is 7.84. The van der Waals surface area contributed by atoms with Gasteiger partial charge in [0.15, 0.2) is 5.71 Å². The number of nitrogens with zero attached hydrogens (tertiary/aromatic N) is 1. The third-order valence-corrected chi connectivity index (χ3v) is 3.71. The number of carbonyl (C=O) groups excluding carboxylic acids is 1. The molecule has 1 amide bonds. The van der Waals surface area contributed by atoms with E-state index in [1.54, 1.807) is 24.3 Å². The molecule has 0 unspecified atom stereocenters. The zero-order valence-electron chi connectivity index (χ0n) is 14.8. The van der Waals surface area contributed by atoms with Crippen molar-refractivity contribution in [2.45, 2.75) is 13.0 Å². The summed E-state index contributed by atoms with van der Waals surface area (Å²) in [6.07, 6.45) is -4.82. The molecule has 28 heavy (non-hydrogen) atoms. The summed E-state index contributed by atoms with van der Waals surface area (Å²) in [5.74, 6) is -0.767. The normalized spacial score (nSPS) is 11.7. The molecule has 2 aromatic carbocycles. The average Bonchev–Trinajstić information content (AvgIpc) is 2.64. The van der Waals surface area contributed by atoms with E-state index < -0.39 is 18.0 Å². The number of oxime groups is 1. The second-order valence-electron chi connectivity index (χ2n) is 5.29. The summed E-state index contributed by atoms with van der Waals surface area (Å²) in [6, 6.07) is 10.2. The molecule has 0 fully saturated rings. The van der Waals surface area contributed by atoms with Gasteiger partial charge in [-0.05, 0) is 17.7 Å².